The SMILES string of the molecule is CCOC(=O)[C@@H](OC[C@H]1O[C@@H](n2cnc3c(N)nc(C4CC4)nc32)[C@H](O)[C@@H]1O)P(=O)(O)O.CCOC(=O)[C@H](OC[C@H]1O[C@@H](n2cnc3c(N)nc(C4CC4)nc32)[C@H](O)[C@@H]1O)P(=O)(O)O. The minimum absolute atomic E-state index is 0.108. The Balaban J connectivity index is 0.000000191. The van der Waals surface area contributed by atoms with E-state index in [1.165, 1.54) is 35.6 Å². The second kappa shape index (κ2) is 18.8. The molecule has 0 aromatic carbocycles. The van der Waals surface area contributed by atoms with Crippen LogP contribution in [0.3, 0.4) is 0 Å². The molecule has 2 saturated heterocycles. The van der Waals surface area contributed by atoms with Crippen molar-refractivity contribution >= 4 is 61.1 Å². The van der Waals surface area contributed by atoms with Gasteiger partial charge in [-0.2, -0.15) is 0 Å². The number of nitrogen functional groups attached to an aromatic ring is 2. The van der Waals surface area contributed by atoms with Crippen molar-refractivity contribution in [3.8, 4) is 0 Å². The summed E-state index contributed by atoms with van der Waals surface area (Å²) in [6.07, 6.45) is -4.10. The van der Waals surface area contributed by atoms with Gasteiger partial charge in [0.15, 0.2) is 35.4 Å². The lowest BCUT2D eigenvalue weighted by molar-refractivity contribution is -0.156. The van der Waals surface area contributed by atoms with Gasteiger partial charge in [0.2, 0.25) is 0 Å². The third-order valence-corrected chi connectivity index (χ3v) is 12.4. The maximum Gasteiger partial charge on any atom is 0.365 e. The standard InChI is InChI=1S/2C17H24N5O9P/c2*1-2-29-16(25)17(32(26,27)28)30-5-8-10(23)11(24)15(31-8)22-6-19-9-12(18)20-13(7-3-4-7)21-14(9)22/h2*6-8,10-11,15,17,23-24H,2-5H2,1H3,(H2,18,20,21)(H2,26,27,28)/t8-,10-,11-,15-,17+;8-,10-,11-,15-,17-/m11/s1. The molecule has 0 bridgehead atoms. The maximum absolute atomic E-state index is 11.8. The van der Waals surface area contributed by atoms with Crippen LogP contribution in [0.15, 0.2) is 12.7 Å². The van der Waals surface area contributed by atoms with Crippen LogP contribution in [0.25, 0.3) is 22.3 Å². The highest BCUT2D eigenvalue weighted by atomic mass is 31.2. The van der Waals surface area contributed by atoms with Crippen molar-refractivity contribution in [3.05, 3.63) is 24.3 Å². The molecule has 30 heteroatoms. The van der Waals surface area contributed by atoms with Crippen molar-refractivity contribution in [1.29, 1.82) is 0 Å². The molecule has 4 fully saturated rings. The van der Waals surface area contributed by atoms with E-state index in [4.69, 9.17) is 30.4 Å². The molecule has 28 nitrogen and oxygen atoms in total. The van der Waals surface area contributed by atoms with Gasteiger partial charge in [0.25, 0.3) is 11.7 Å². The molecule has 4 aliphatic rings. The number of nitrogens with zero attached hydrogens (tertiary/aromatic N) is 8. The van der Waals surface area contributed by atoms with Crippen LogP contribution in [0, 0.1) is 0 Å². The molecule has 2 aliphatic carbocycles. The van der Waals surface area contributed by atoms with E-state index in [1.807, 2.05) is 0 Å². The number of aromatic nitrogens is 8. The molecule has 12 N–H and O–H groups in total. The number of nitrogens with two attached hydrogens (primary N) is 2. The van der Waals surface area contributed by atoms with E-state index in [-0.39, 0.29) is 36.7 Å². The minimum atomic E-state index is -5.01. The monoisotopic (exact) mass is 946 g/mol. The molecule has 2 aliphatic heterocycles. The molecule has 64 heavy (non-hydrogen) atoms. The fraction of sp³-hybridized carbons (Fsp3) is 0.647. The fourth-order valence-corrected chi connectivity index (χ4v) is 8.19. The molecule has 4 aromatic rings. The first-order valence-electron chi connectivity index (χ1n) is 19.9. The molecule has 2 saturated carbocycles. The second-order valence-electron chi connectivity index (χ2n) is 15.3. The van der Waals surface area contributed by atoms with E-state index in [9.17, 15) is 58.7 Å². The largest absolute Gasteiger partial charge is 0.464 e. The van der Waals surface area contributed by atoms with Gasteiger partial charge in [-0.05, 0) is 39.5 Å². The lowest BCUT2D eigenvalue weighted by Crippen LogP contribution is -2.36. The van der Waals surface area contributed by atoms with Gasteiger partial charge < -0.3 is 79.9 Å². The average molecular weight is 947 g/mol. The number of aliphatic hydroxyl groups is 4. The van der Waals surface area contributed by atoms with Crippen molar-refractivity contribution in [3.63, 3.8) is 0 Å². The number of aliphatic hydroxyl groups excluding tert-OH is 4. The Morgan fingerprint density at radius 2 is 1.03 bits per heavy atom. The molecule has 8 rings (SSSR count). The van der Waals surface area contributed by atoms with Crippen LogP contribution in [-0.2, 0) is 47.1 Å². The van der Waals surface area contributed by atoms with Crippen LogP contribution in [0.5, 0.6) is 0 Å². The molecule has 4 aromatic heterocycles. The quantitative estimate of drug-likeness (QED) is 0.0428. The molecule has 0 unspecified atom stereocenters. The van der Waals surface area contributed by atoms with Gasteiger partial charge in [0, 0.05) is 11.8 Å². The van der Waals surface area contributed by atoms with Crippen molar-refractivity contribution < 1.29 is 87.1 Å². The van der Waals surface area contributed by atoms with Gasteiger partial charge in [0.1, 0.15) is 59.3 Å². The molecular weight excluding hydrogens is 898 g/mol. The summed E-state index contributed by atoms with van der Waals surface area (Å²) in [6.45, 7) is 1.54. The average Bonchev–Trinajstić information content (AvgIpc) is 4.13. The molecule has 0 amide bonds. The van der Waals surface area contributed by atoms with Crippen molar-refractivity contribution in [2.24, 2.45) is 0 Å². The summed E-state index contributed by atoms with van der Waals surface area (Å²) in [5.41, 5.74) is 13.2. The maximum atomic E-state index is 11.8. The molecular formula is C34H48N10O18P2. The highest BCUT2D eigenvalue weighted by Crippen LogP contribution is 2.45. The number of esters is 2. The first kappa shape index (κ1) is 47.6. The molecule has 352 valence electrons. The van der Waals surface area contributed by atoms with E-state index < -0.39 is 101 Å². The highest BCUT2D eigenvalue weighted by molar-refractivity contribution is 7.53. The Morgan fingerprint density at radius 3 is 1.34 bits per heavy atom. The number of rotatable bonds is 16. The zero-order chi connectivity index (χ0) is 46.4. The topological polar surface area (TPSA) is 425 Å². The number of carbonyl (C=O) groups excluding carboxylic acids is 2. The smallest absolute Gasteiger partial charge is 0.365 e. The van der Waals surface area contributed by atoms with Crippen LogP contribution in [0.4, 0.5) is 11.6 Å². The highest BCUT2D eigenvalue weighted by Gasteiger charge is 2.48. The number of hydrogen-bond donors (Lipinski definition) is 10. The Kier molecular flexibility index (Phi) is 14.0. The molecule has 0 spiro atoms. The van der Waals surface area contributed by atoms with Gasteiger partial charge in [0.05, 0.1) is 39.1 Å². The van der Waals surface area contributed by atoms with Crippen LogP contribution in [-0.4, -0.2) is 166 Å². The van der Waals surface area contributed by atoms with Crippen molar-refractivity contribution in [2.45, 2.75) is 112 Å². The number of carbonyl (C=O) groups is 2. The van der Waals surface area contributed by atoms with E-state index in [0.717, 1.165) is 25.7 Å². The van der Waals surface area contributed by atoms with Crippen molar-refractivity contribution in [1.82, 2.24) is 39.0 Å². The molecule has 6 heterocycles. The van der Waals surface area contributed by atoms with Gasteiger partial charge >= 0.3 is 27.1 Å². The third-order valence-electron chi connectivity index (χ3n) is 10.5. The van der Waals surface area contributed by atoms with Crippen LogP contribution in [0.1, 0.15) is 75.5 Å². The van der Waals surface area contributed by atoms with E-state index in [0.29, 0.717) is 34.0 Å². The summed E-state index contributed by atoms with van der Waals surface area (Å²) in [5.74, 6) is -4.96. The first-order valence-corrected chi connectivity index (χ1v) is 23.3. The van der Waals surface area contributed by atoms with Gasteiger partial charge in [-0.1, -0.05) is 0 Å². The predicted molar refractivity (Wildman–Crippen MR) is 212 cm³/mol. The predicted octanol–water partition coefficient (Wildman–Crippen LogP) is -2.02. The summed E-state index contributed by atoms with van der Waals surface area (Å²) >= 11 is 0. The van der Waals surface area contributed by atoms with E-state index in [1.54, 1.807) is 0 Å². The third kappa shape index (κ3) is 10.0. The molecule has 10 atom stereocenters. The van der Waals surface area contributed by atoms with E-state index >= 15 is 0 Å². The van der Waals surface area contributed by atoms with Crippen LogP contribution < -0.4 is 11.5 Å². The van der Waals surface area contributed by atoms with Crippen LogP contribution in [0.2, 0.25) is 0 Å². The van der Waals surface area contributed by atoms with Crippen molar-refractivity contribution in [2.75, 3.05) is 37.9 Å². The van der Waals surface area contributed by atoms with Gasteiger partial charge in [-0.25, -0.2) is 39.5 Å². The van der Waals surface area contributed by atoms with E-state index in [2.05, 4.69) is 39.4 Å². The number of anilines is 2. The molecule has 0 radical (unpaired) electrons. The zero-order valence-electron chi connectivity index (χ0n) is 34.0. The number of hydrogen-bond acceptors (Lipinski definition) is 22. The van der Waals surface area contributed by atoms with Gasteiger partial charge in [-0.15, -0.1) is 0 Å². The summed E-state index contributed by atoms with van der Waals surface area (Å²) in [4.78, 5) is 87.0. The Morgan fingerprint density at radius 1 is 0.672 bits per heavy atom. The minimum Gasteiger partial charge on any atom is -0.464 e. The van der Waals surface area contributed by atoms with Gasteiger partial charge in [-0.3, -0.25) is 18.3 Å². The first-order chi connectivity index (χ1) is 30.2. The number of imidazole rings is 2. The number of fused-ring (bicyclic) bond motifs is 2. The lowest BCUT2D eigenvalue weighted by Gasteiger charge is -2.21. The Hall–Kier alpha value is -4.38. The lowest BCUT2D eigenvalue weighted by atomic mass is 10.1. The number of ether oxygens (including phenoxy) is 6. The summed E-state index contributed by atoms with van der Waals surface area (Å²) in [7, 11) is -10.0. The zero-order valence-corrected chi connectivity index (χ0v) is 35.8. The van der Waals surface area contributed by atoms with Crippen LogP contribution >= 0.6 is 15.2 Å². The summed E-state index contributed by atoms with van der Waals surface area (Å²) in [6, 6.07) is 0. The second-order valence-corrected chi connectivity index (χ2v) is 18.6. The normalized spacial score (nSPS) is 27.0. The Labute approximate surface area is 361 Å². The Bertz CT molecular complexity index is 2270. The summed E-state index contributed by atoms with van der Waals surface area (Å²) in [5, 5.41) is 41.9. The fourth-order valence-electron chi connectivity index (χ4n) is 6.93. The summed E-state index contributed by atoms with van der Waals surface area (Å²) < 4.78 is 56.7.